The second-order valence-corrected chi connectivity index (χ2v) is 7.08. The van der Waals surface area contributed by atoms with E-state index < -0.39 is 29.4 Å². The van der Waals surface area contributed by atoms with E-state index in [1.54, 1.807) is 52.1 Å². The molecule has 1 spiro atoms. The smallest absolute Gasteiger partial charge is 0.341 e. The molecule has 154 valence electrons. The van der Waals surface area contributed by atoms with Crippen molar-refractivity contribution >= 4 is 23.5 Å². The number of nitrogens with two attached hydrogens (primary N) is 1. The number of nitrogens with zero attached hydrogens (tertiary/aromatic N) is 1. The topological polar surface area (TPSA) is 108 Å². The Bertz CT molecular complexity index is 962. The van der Waals surface area contributed by atoms with Crippen LogP contribution in [0.5, 0.6) is 0 Å². The molecule has 0 fully saturated rings. The first kappa shape index (κ1) is 20.4. The van der Waals surface area contributed by atoms with Gasteiger partial charge in [-0.1, -0.05) is 18.2 Å². The van der Waals surface area contributed by atoms with Gasteiger partial charge in [0.2, 0.25) is 11.8 Å². The van der Waals surface area contributed by atoms with E-state index in [0.717, 1.165) is 0 Å². The Morgan fingerprint density at radius 1 is 1.21 bits per heavy atom. The van der Waals surface area contributed by atoms with Gasteiger partial charge in [0.1, 0.15) is 22.3 Å². The zero-order valence-electron chi connectivity index (χ0n) is 17.1. The van der Waals surface area contributed by atoms with Gasteiger partial charge in [0.25, 0.3) is 0 Å². The summed E-state index contributed by atoms with van der Waals surface area (Å²) in [6, 6.07) is 6.91. The highest BCUT2D eigenvalue weighted by Gasteiger charge is 2.63. The molecule has 1 aromatic carbocycles. The second-order valence-electron chi connectivity index (χ2n) is 7.08. The highest BCUT2D eigenvalue weighted by atomic mass is 16.6. The molecule has 1 aromatic rings. The number of likely N-dealkylation sites (N-methyl/N-ethyl adjacent to an activating group) is 1. The van der Waals surface area contributed by atoms with E-state index in [9.17, 15) is 14.4 Å². The molecule has 1 unspecified atom stereocenters. The first-order valence-electron chi connectivity index (χ1n) is 9.33. The predicted molar refractivity (Wildman–Crippen MR) is 104 cm³/mol. The number of ether oxygens (including phenoxy) is 3. The van der Waals surface area contributed by atoms with Gasteiger partial charge in [0, 0.05) is 18.3 Å². The van der Waals surface area contributed by atoms with Gasteiger partial charge in [0.15, 0.2) is 0 Å². The largest absolute Gasteiger partial charge is 0.462 e. The molecule has 2 heterocycles. The molecule has 1 amide bonds. The number of carbonyl (C=O) groups is 3. The Labute approximate surface area is 168 Å². The van der Waals surface area contributed by atoms with Crippen LogP contribution in [0.4, 0.5) is 5.69 Å². The van der Waals surface area contributed by atoms with Crippen molar-refractivity contribution in [3.8, 4) is 0 Å². The summed E-state index contributed by atoms with van der Waals surface area (Å²) >= 11 is 0. The Morgan fingerprint density at radius 3 is 2.48 bits per heavy atom. The minimum Gasteiger partial charge on any atom is -0.462 e. The van der Waals surface area contributed by atoms with Crippen LogP contribution < -0.4 is 10.6 Å². The van der Waals surface area contributed by atoms with Crippen molar-refractivity contribution in [1.29, 1.82) is 0 Å². The molecule has 1 atom stereocenters. The summed E-state index contributed by atoms with van der Waals surface area (Å²) in [5.74, 6) is -2.28. The molecule has 2 aliphatic rings. The number of hydrogen-bond donors (Lipinski definition) is 1. The van der Waals surface area contributed by atoms with Gasteiger partial charge in [-0.25, -0.2) is 9.59 Å². The molecule has 3 rings (SSSR count). The fourth-order valence-electron chi connectivity index (χ4n) is 3.91. The summed E-state index contributed by atoms with van der Waals surface area (Å²) in [7, 11) is 1.57. The van der Waals surface area contributed by atoms with E-state index in [1.807, 2.05) is 0 Å². The summed E-state index contributed by atoms with van der Waals surface area (Å²) in [6.45, 7) is 6.60. The lowest BCUT2D eigenvalue weighted by molar-refractivity contribution is -0.146. The lowest BCUT2D eigenvalue weighted by Crippen LogP contribution is -2.50. The molecule has 0 saturated carbocycles. The number of amides is 1. The Balaban J connectivity index is 2.39. The molecule has 0 aromatic heterocycles. The van der Waals surface area contributed by atoms with Crippen LogP contribution in [0.15, 0.2) is 47.1 Å². The van der Waals surface area contributed by atoms with Gasteiger partial charge in [-0.05, 0) is 33.8 Å². The molecule has 2 N–H and O–H groups in total. The molecule has 0 saturated heterocycles. The van der Waals surface area contributed by atoms with E-state index >= 15 is 0 Å². The van der Waals surface area contributed by atoms with Gasteiger partial charge in [0.05, 0.1) is 12.7 Å². The predicted octanol–water partition coefficient (Wildman–Crippen LogP) is 1.89. The van der Waals surface area contributed by atoms with Crippen LogP contribution in [-0.2, 0) is 34.0 Å². The third-order valence-electron chi connectivity index (χ3n) is 4.93. The van der Waals surface area contributed by atoms with Crippen LogP contribution in [0.1, 0.15) is 33.3 Å². The number of anilines is 1. The van der Waals surface area contributed by atoms with Crippen LogP contribution >= 0.6 is 0 Å². The number of allylic oxidation sites excluding steroid dienone is 1. The molecular weight excluding hydrogens is 376 g/mol. The van der Waals surface area contributed by atoms with Crippen molar-refractivity contribution in [1.82, 2.24) is 0 Å². The minimum absolute atomic E-state index is 0.0613. The number of fused-ring (bicyclic) bond motifs is 2. The van der Waals surface area contributed by atoms with Crippen molar-refractivity contribution in [3.63, 3.8) is 0 Å². The van der Waals surface area contributed by atoms with Gasteiger partial charge in [-0.3, -0.25) is 4.79 Å². The number of carbonyl (C=O) groups excluding carboxylic acids is 3. The van der Waals surface area contributed by atoms with Crippen molar-refractivity contribution in [2.45, 2.75) is 39.2 Å². The molecule has 0 radical (unpaired) electrons. The van der Waals surface area contributed by atoms with Gasteiger partial charge in [-0.15, -0.1) is 0 Å². The molecule has 0 bridgehead atoms. The summed E-state index contributed by atoms with van der Waals surface area (Å²) in [6.07, 6.45) is -0.446. The third-order valence-corrected chi connectivity index (χ3v) is 4.93. The van der Waals surface area contributed by atoms with E-state index in [4.69, 9.17) is 19.9 Å². The van der Waals surface area contributed by atoms with Crippen LogP contribution in [0.25, 0.3) is 0 Å². The zero-order valence-corrected chi connectivity index (χ0v) is 17.1. The van der Waals surface area contributed by atoms with Gasteiger partial charge < -0.3 is 24.8 Å². The summed E-state index contributed by atoms with van der Waals surface area (Å²) in [4.78, 5) is 41.1. The molecule has 8 nitrogen and oxygen atoms in total. The van der Waals surface area contributed by atoms with Crippen molar-refractivity contribution in [2.75, 3.05) is 18.6 Å². The average Bonchev–Trinajstić information content (AvgIpc) is 2.84. The fourth-order valence-corrected chi connectivity index (χ4v) is 3.91. The maximum absolute atomic E-state index is 13.7. The number of esters is 2. The maximum Gasteiger partial charge on any atom is 0.341 e. The number of benzene rings is 1. The molecular formula is C21H24N2O6. The van der Waals surface area contributed by atoms with Gasteiger partial charge in [-0.2, -0.15) is 0 Å². The molecule has 8 heteroatoms. The highest BCUT2D eigenvalue weighted by molar-refractivity contribution is 6.22. The van der Waals surface area contributed by atoms with Crippen LogP contribution in [0.2, 0.25) is 0 Å². The normalized spacial score (nSPS) is 20.9. The quantitative estimate of drug-likeness (QED) is 0.769. The first-order valence-corrected chi connectivity index (χ1v) is 9.33. The Kier molecular flexibility index (Phi) is 5.13. The minimum atomic E-state index is -1.81. The Morgan fingerprint density at radius 2 is 1.86 bits per heavy atom. The summed E-state index contributed by atoms with van der Waals surface area (Å²) in [5.41, 5.74) is 4.97. The van der Waals surface area contributed by atoms with Crippen LogP contribution in [0, 0.1) is 0 Å². The molecule has 2 aliphatic heterocycles. The van der Waals surface area contributed by atoms with E-state index in [-0.39, 0.29) is 29.4 Å². The third kappa shape index (κ3) is 2.86. The first-order chi connectivity index (χ1) is 13.7. The number of para-hydroxylation sites is 1. The molecule has 29 heavy (non-hydrogen) atoms. The Hall–Kier alpha value is -3.29. The SMILES string of the molecule is CCOC(=O)C1=C(N)OC(C)=C(C(=O)OC(C)C)C12C(=O)N(C)c1ccccc12. The van der Waals surface area contributed by atoms with E-state index in [1.165, 1.54) is 11.8 Å². The standard InChI is InChI=1S/C21H24N2O6/c1-6-27-18(24)16-17(22)29-12(4)15(19(25)28-11(2)3)21(16)13-9-7-8-10-14(13)23(5)20(21)26/h7-11H,6,22H2,1-5H3. The van der Waals surface area contributed by atoms with E-state index in [0.29, 0.717) is 11.3 Å². The van der Waals surface area contributed by atoms with E-state index in [2.05, 4.69) is 0 Å². The fraction of sp³-hybridized carbons (Fsp3) is 0.381. The summed E-state index contributed by atoms with van der Waals surface area (Å²) in [5, 5.41) is 0. The van der Waals surface area contributed by atoms with Crippen molar-refractivity contribution < 1.29 is 28.6 Å². The highest BCUT2D eigenvalue weighted by Crippen LogP contribution is 2.54. The van der Waals surface area contributed by atoms with Crippen LogP contribution in [-0.4, -0.2) is 37.6 Å². The lowest BCUT2D eigenvalue weighted by Gasteiger charge is -2.36. The monoisotopic (exact) mass is 400 g/mol. The number of rotatable bonds is 4. The second kappa shape index (κ2) is 7.27. The lowest BCUT2D eigenvalue weighted by atomic mass is 9.67. The zero-order chi connectivity index (χ0) is 21.5. The van der Waals surface area contributed by atoms with Crippen molar-refractivity contribution in [3.05, 3.63) is 52.6 Å². The van der Waals surface area contributed by atoms with Gasteiger partial charge >= 0.3 is 11.9 Å². The molecule has 0 aliphatic carbocycles. The maximum atomic E-state index is 13.7. The number of hydrogen-bond acceptors (Lipinski definition) is 7. The van der Waals surface area contributed by atoms with Crippen molar-refractivity contribution in [2.24, 2.45) is 5.73 Å². The van der Waals surface area contributed by atoms with Crippen LogP contribution in [0.3, 0.4) is 0 Å². The average molecular weight is 400 g/mol. The summed E-state index contributed by atoms with van der Waals surface area (Å²) < 4.78 is 16.1.